The molecule has 2 aromatic rings. The van der Waals surface area contributed by atoms with Gasteiger partial charge in [0.25, 0.3) is 0 Å². The molecule has 0 N–H and O–H groups in total. The monoisotopic (exact) mass is 303 g/mol. The summed E-state index contributed by atoms with van der Waals surface area (Å²) in [6, 6.07) is 13.3. The Labute approximate surface area is 126 Å². The van der Waals surface area contributed by atoms with Crippen LogP contribution in [0.25, 0.3) is 10.8 Å². The van der Waals surface area contributed by atoms with Crippen molar-refractivity contribution in [1.82, 2.24) is 4.31 Å². The molecule has 0 aliphatic carbocycles. The summed E-state index contributed by atoms with van der Waals surface area (Å²) in [6.07, 6.45) is 2.04. The molecule has 0 spiro atoms. The molecule has 0 aromatic heterocycles. The molecule has 3 rings (SSSR count). The van der Waals surface area contributed by atoms with E-state index in [2.05, 4.69) is 6.92 Å². The van der Waals surface area contributed by atoms with Crippen molar-refractivity contribution in [3.8, 4) is 0 Å². The van der Waals surface area contributed by atoms with Gasteiger partial charge in [-0.05, 0) is 37.1 Å². The maximum atomic E-state index is 13.1. The molecular weight excluding hydrogens is 282 g/mol. The molecule has 2 atom stereocenters. The minimum absolute atomic E-state index is 0.0742. The fraction of sp³-hybridized carbons (Fsp3) is 0.412. The number of benzene rings is 2. The number of piperidine rings is 1. The van der Waals surface area contributed by atoms with Gasteiger partial charge in [0.05, 0.1) is 4.90 Å². The minimum Gasteiger partial charge on any atom is -0.207 e. The van der Waals surface area contributed by atoms with Gasteiger partial charge in [-0.25, -0.2) is 8.42 Å². The summed E-state index contributed by atoms with van der Waals surface area (Å²) in [5.41, 5.74) is 0. The van der Waals surface area contributed by atoms with Crippen LogP contribution >= 0.6 is 0 Å². The van der Waals surface area contributed by atoms with Gasteiger partial charge in [0.15, 0.2) is 0 Å². The van der Waals surface area contributed by atoms with Crippen LogP contribution in [0.4, 0.5) is 0 Å². The predicted molar refractivity (Wildman–Crippen MR) is 85.7 cm³/mol. The van der Waals surface area contributed by atoms with Gasteiger partial charge in [-0.1, -0.05) is 43.3 Å². The molecule has 112 valence electrons. The molecule has 4 heteroatoms. The lowest BCUT2D eigenvalue weighted by Crippen LogP contribution is -2.44. The Balaban J connectivity index is 2.12. The summed E-state index contributed by atoms with van der Waals surface area (Å²) in [6.45, 7) is 4.75. The van der Waals surface area contributed by atoms with Gasteiger partial charge in [-0.2, -0.15) is 4.31 Å². The first-order valence-corrected chi connectivity index (χ1v) is 8.94. The molecule has 3 nitrogen and oxygen atoms in total. The zero-order valence-corrected chi connectivity index (χ0v) is 13.3. The smallest absolute Gasteiger partial charge is 0.207 e. The largest absolute Gasteiger partial charge is 0.243 e. The van der Waals surface area contributed by atoms with Crippen molar-refractivity contribution in [3.05, 3.63) is 42.5 Å². The van der Waals surface area contributed by atoms with Gasteiger partial charge < -0.3 is 0 Å². The molecule has 21 heavy (non-hydrogen) atoms. The van der Waals surface area contributed by atoms with Crippen molar-refractivity contribution in [2.24, 2.45) is 5.92 Å². The second-order valence-electron chi connectivity index (χ2n) is 6.08. The van der Waals surface area contributed by atoms with Crippen molar-refractivity contribution in [3.63, 3.8) is 0 Å². The molecule has 1 heterocycles. The standard InChI is InChI=1S/C17H21NO2S/c1-13-10-11-14(2)18(12-13)21(19,20)17-9-5-7-15-6-3-4-8-16(15)17/h3-9,13-14H,10-12H2,1-2H3. The van der Waals surface area contributed by atoms with Gasteiger partial charge in [0, 0.05) is 18.0 Å². The molecular formula is C17H21NO2S. The molecule has 0 radical (unpaired) electrons. The van der Waals surface area contributed by atoms with E-state index < -0.39 is 10.0 Å². The Hall–Kier alpha value is -1.39. The van der Waals surface area contributed by atoms with Crippen LogP contribution in [0, 0.1) is 5.92 Å². The second kappa shape index (κ2) is 5.43. The molecule has 1 saturated heterocycles. The molecule has 1 aliphatic rings. The van der Waals surface area contributed by atoms with E-state index in [4.69, 9.17) is 0 Å². The molecule has 0 bridgehead atoms. The number of sulfonamides is 1. The fourth-order valence-electron chi connectivity index (χ4n) is 3.13. The van der Waals surface area contributed by atoms with Crippen LogP contribution in [0.1, 0.15) is 26.7 Å². The van der Waals surface area contributed by atoms with Gasteiger partial charge >= 0.3 is 0 Å². The van der Waals surface area contributed by atoms with E-state index in [0.717, 1.165) is 23.6 Å². The lowest BCUT2D eigenvalue weighted by molar-refractivity contribution is 0.218. The first kappa shape index (κ1) is 14.5. The fourth-order valence-corrected chi connectivity index (χ4v) is 5.13. The van der Waals surface area contributed by atoms with Crippen molar-refractivity contribution in [2.45, 2.75) is 37.6 Å². The zero-order valence-electron chi connectivity index (χ0n) is 12.5. The topological polar surface area (TPSA) is 37.4 Å². The third-order valence-corrected chi connectivity index (χ3v) is 6.43. The molecule has 0 saturated carbocycles. The Morgan fingerprint density at radius 2 is 1.71 bits per heavy atom. The van der Waals surface area contributed by atoms with Gasteiger partial charge in [0.1, 0.15) is 0 Å². The van der Waals surface area contributed by atoms with Crippen molar-refractivity contribution >= 4 is 20.8 Å². The van der Waals surface area contributed by atoms with Crippen LogP contribution in [0.5, 0.6) is 0 Å². The normalized spacial score (nSPS) is 24.3. The SMILES string of the molecule is CC1CCC(C)N(S(=O)(=O)c2cccc3ccccc23)C1. The molecule has 1 aliphatic heterocycles. The summed E-state index contributed by atoms with van der Waals surface area (Å²) in [7, 11) is -3.44. The highest BCUT2D eigenvalue weighted by atomic mass is 32.2. The van der Waals surface area contributed by atoms with Crippen molar-refractivity contribution < 1.29 is 8.42 Å². The predicted octanol–water partition coefficient (Wildman–Crippen LogP) is 3.65. The molecule has 1 fully saturated rings. The number of nitrogens with zero attached hydrogens (tertiary/aromatic N) is 1. The van der Waals surface area contributed by atoms with Gasteiger partial charge in [-0.15, -0.1) is 0 Å². The van der Waals surface area contributed by atoms with E-state index in [0.29, 0.717) is 17.4 Å². The number of fused-ring (bicyclic) bond motifs is 1. The Morgan fingerprint density at radius 3 is 2.52 bits per heavy atom. The Bertz CT molecular complexity index is 749. The van der Waals surface area contributed by atoms with Crippen molar-refractivity contribution in [2.75, 3.05) is 6.54 Å². The van der Waals surface area contributed by atoms with Crippen LogP contribution < -0.4 is 0 Å². The Morgan fingerprint density at radius 1 is 1.00 bits per heavy atom. The summed E-state index contributed by atoms with van der Waals surface area (Å²) in [5, 5.41) is 1.78. The third-order valence-electron chi connectivity index (χ3n) is 4.40. The first-order chi connectivity index (χ1) is 10.00. The third kappa shape index (κ3) is 2.58. The lowest BCUT2D eigenvalue weighted by atomic mass is 9.97. The van der Waals surface area contributed by atoms with Crippen LogP contribution in [0.3, 0.4) is 0 Å². The first-order valence-electron chi connectivity index (χ1n) is 7.50. The molecule has 2 aromatic carbocycles. The average Bonchev–Trinajstić information content (AvgIpc) is 2.49. The maximum absolute atomic E-state index is 13.1. The number of rotatable bonds is 2. The minimum atomic E-state index is -3.44. The zero-order chi connectivity index (χ0) is 15.0. The highest BCUT2D eigenvalue weighted by molar-refractivity contribution is 7.89. The molecule has 0 amide bonds. The van der Waals surface area contributed by atoms with Crippen LogP contribution in [0.15, 0.2) is 47.4 Å². The molecule has 2 unspecified atom stereocenters. The number of hydrogen-bond acceptors (Lipinski definition) is 2. The second-order valence-corrected chi connectivity index (χ2v) is 7.94. The van der Waals surface area contributed by atoms with Gasteiger partial charge in [-0.3, -0.25) is 0 Å². The van der Waals surface area contributed by atoms with Crippen molar-refractivity contribution in [1.29, 1.82) is 0 Å². The highest BCUT2D eigenvalue weighted by Gasteiger charge is 2.34. The lowest BCUT2D eigenvalue weighted by Gasteiger charge is -2.35. The maximum Gasteiger partial charge on any atom is 0.243 e. The van der Waals surface area contributed by atoms with E-state index in [1.165, 1.54) is 0 Å². The van der Waals surface area contributed by atoms with Crippen LogP contribution in [-0.2, 0) is 10.0 Å². The summed E-state index contributed by atoms with van der Waals surface area (Å²) < 4.78 is 27.8. The van der Waals surface area contributed by atoms with E-state index in [9.17, 15) is 8.42 Å². The van der Waals surface area contributed by atoms with E-state index in [1.54, 1.807) is 10.4 Å². The highest BCUT2D eigenvalue weighted by Crippen LogP contribution is 2.31. The van der Waals surface area contributed by atoms with E-state index in [1.807, 2.05) is 43.3 Å². The van der Waals surface area contributed by atoms with E-state index >= 15 is 0 Å². The summed E-state index contributed by atoms with van der Waals surface area (Å²) >= 11 is 0. The van der Waals surface area contributed by atoms with Crippen LogP contribution in [0.2, 0.25) is 0 Å². The quantitative estimate of drug-likeness (QED) is 0.849. The Kier molecular flexibility index (Phi) is 3.76. The average molecular weight is 303 g/mol. The van der Waals surface area contributed by atoms with E-state index in [-0.39, 0.29) is 6.04 Å². The summed E-state index contributed by atoms with van der Waals surface area (Å²) in [5.74, 6) is 0.422. The van der Waals surface area contributed by atoms with Gasteiger partial charge in [0.2, 0.25) is 10.0 Å². The van der Waals surface area contributed by atoms with Crippen LogP contribution in [-0.4, -0.2) is 25.3 Å². The summed E-state index contributed by atoms with van der Waals surface area (Å²) in [4.78, 5) is 0.432. The number of hydrogen-bond donors (Lipinski definition) is 0.